The van der Waals surface area contributed by atoms with Gasteiger partial charge in [0.2, 0.25) is 0 Å². The lowest BCUT2D eigenvalue weighted by atomic mass is 10.2. The Balaban J connectivity index is 1.64. The second-order valence-corrected chi connectivity index (χ2v) is 5.67. The molecule has 0 aliphatic rings. The van der Waals surface area contributed by atoms with Crippen molar-refractivity contribution < 1.29 is 4.79 Å². The number of amides is 1. The quantitative estimate of drug-likeness (QED) is 0.747. The number of para-hydroxylation sites is 1. The predicted molar refractivity (Wildman–Crippen MR) is 100 cm³/mol. The number of nitrogens with zero attached hydrogens (tertiary/aromatic N) is 3. The molecule has 3 rings (SSSR count). The molecule has 3 aromatic rings. The van der Waals surface area contributed by atoms with E-state index in [-0.39, 0.29) is 11.6 Å². The summed E-state index contributed by atoms with van der Waals surface area (Å²) in [5.41, 5.74) is 2.95. The van der Waals surface area contributed by atoms with Gasteiger partial charge in [-0.3, -0.25) is 4.79 Å². The molecule has 0 fully saturated rings. The van der Waals surface area contributed by atoms with Gasteiger partial charge in [0, 0.05) is 31.2 Å². The number of aromatic nitrogens is 2. The first-order valence-corrected chi connectivity index (χ1v) is 7.85. The number of hydrogen-bond acceptors (Lipinski definition) is 5. The second-order valence-electron chi connectivity index (χ2n) is 5.67. The van der Waals surface area contributed by atoms with Crippen LogP contribution in [-0.2, 0) is 0 Å². The lowest BCUT2D eigenvalue weighted by Crippen LogP contribution is -2.14. The zero-order valence-corrected chi connectivity index (χ0v) is 14.1. The Labute approximate surface area is 146 Å². The van der Waals surface area contributed by atoms with Crippen molar-refractivity contribution in [3.05, 3.63) is 72.7 Å². The summed E-state index contributed by atoms with van der Waals surface area (Å²) in [7, 11) is 3.93. The molecular weight excluding hydrogens is 314 g/mol. The normalized spacial score (nSPS) is 10.2. The summed E-state index contributed by atoms with van der Waals surface area (Å²) in [4.78, 5) is 22.7. The van der Waals surface area contributed by atoms with E-state index in [2.05, 4.69) is 20.6 Å². The highest BCUT2D eigenvalue weighted by Crippen LogP contribution is 2.17. The smallest absolute Gasteiger partial charge is 0.275 e. The minimum Gasteiger partial charge on any atom is -0.378 e. The molecule has 0 aliphatic heterocycles. The zero-order valence-electron chi connectivity index (χ0n) is 14.1. The van der Waals surface area contributed by atoms with Gasteiger partial charge in [-0.1, -0.05) is 18.2 Å². The first-order valence-electron chi connectivity index (χ1n) is 7.85. The summed E-state index contributed by atoms with van der Waals surface area (Å²) in [6.07, 6.45) is 2.99. The van der Waals surface area contributed by atoms with Crippen LogP contribution in [-0.4, -0.2) is 30.0 Å². The van der Waals surface area contributed by atoms with Gasteiger partial charge in [-0.15, -0.1) is 0 Å². The van der Waals surface area contributed by atoms with Crippen molar-refractivity contribution in [1.82, 2.24) is 9.97 Å². The van der Waals surface area contributed by atoms with E-state index in [1.165, 1.54) is 12.4 Å². The van der Waals surface area contributed by atoms with Crippen LogP contribution in [0.25, 0.3) is 0 Å². The predicted octanol–water partition coefficient (Wildman–Crippen LogP) is 3.54. The molecule has 25 heavy (non-hydrogen) atoms. The van der Waals surface area contributed by atoms with E-state index in [0.717, 1.165) is 11.4 Å². The first kappa shape index (κ1) is 16.4. The summed E-state index contributed by atoms with van der Waals surface area (Å²) in [6, 6.07) is 17.2. The third-order valence-electron chi connectivity index (χ3n) is 3.57. The van der Waals surface area contributed by atoms with Gasteiger partial charge in [0.15, 0.2) is 0 Å². The second kappa shape index (κ2) is 7.44. The summed E-state index contributed by atoms with van der Waals surface area (Å²) < 4.78 is 0. The van der Waals surface area contributed by atoms with E-state index in [9.17, 15) is 4.79 Å². The van der Waals surface area contributed by atoms with E-state index >= 15 is 0 Å². The number of hydrogen-bond donors (Lipinski definition) is 2. The highest BCUT2D eigenvalue weighted by Gasteiger charge is 2.09. The average molecular weight is 333 g/mol. The SMILES string of the molecule is CN(C)c1ccc(NC(=O)c2cnc(Nc3ccccc3)cn2)cc1. The molecule has 1 amide bonds. The van der Waals surface area contributed by atoms with Crippen LogP contribution < -0.4 is 15.5 Å². The van der Waals surface area contributed by atoms with Crippen LogP contribution in [0.1, 0.15) is 10.5 Å². The molecule has 1 heterocycles. The Kier molecular flexibility index (Phi) is 4.89. The Morgan fingerprint density at radius 2 is 1.60 bits per heavy atom. The van der Waals surface area contributed by atoms with Crippen LogP contribution in [0.3, 0.4) is 0 Å². The Hall–Kier alpha value is -3.41. The molecule has 0 spiro atoms. The van der Waals surface area contributed by atoms with Gasteiger partial charge in [-0.05, 0) is 36.4 Å². The van der Waals surface area contributed by atoms with Crippen LogP contribution in [0.15, 0.2) is 67.0 Å². The van der Waals surface area contributed by atoms with E-state index in [0.29, 0.717) is 11.5 Å². The largest absolute Gasteiger partial charge is 0.378 e. The third kappa shape index (κ3) is 4.32. The van der Waals surface area contributed by atoms with Crippen LogP contribution in [0.2, 0.25) is 0 Å². The van der Waals surface area contributed by atoms with Crippen LogP contribution in [0.5, 0.6) is 0 Å². The van der Waals surface area contributed by atoms with Gasteiger partial charge in [-0.2, -0.15) is 0 Å². The van der Waals surface area contributed by atoms with Gasteiger partial charge in [0.25, 0.3) is 5.91 Å². The number of nitrogens with one attached hydrogen (secondary N) is 2. The van der Waals surface area contributed by atoms with E-state index in [1.54, 1.807) is 0 Å². The van der Waals surface area contributed by atoms with Gasteiger partial charge in [-0.25, -0.2) is 9.97 Å². The average Bonchev–Trinajstić information content (AvgIpc) is 2.63. The summed E-state index contributed by atoms with van der Waals surface area (Å²) in [5.74, 6) is 0.287. The van der Waals surface area contributed by atoms with Crippen molar-refractivity contribution in [2.45, 2.75) is 0 Å². The Bertz CT molecular complexity index is 830. The van der Waals surface area contributed by atoms with Gasteiger partial charge >= 0.3 is 0 Å². The maximum absolute atomic E-state index is 12.3. The highest BCUT2D eigenvalue weighted by atomic mass is 16.1. The topological polar surface area (TPSA) is 70.2 Å². The fraction of sp³-hybridized carbons (Fsp3) is 0.105. The minimum absolute atomic E-state index is 0.260. The van der Waals surface area contributed by atoms with Crippen molar-refractivity contribution in [2.24, 2.45) is 0 Å². The molecular formula is C19H19N5O. The van der Waals surface area contributed by atoms with E-state index in [1.807, 2.05) is 73.6 Å². The maximum atomic E-state index is 12.3. The van der Waals surface area contributed by atoms with Crippen molar-refractivity contribution >= 4 is 28.8 Å². The van der Waals surface area contributed by atoms with Crippen molar-refractivity contribution in [2.75, 3.05) is 29.6 Å². The van der Waals surface area contributed by atoms with Crippen molar-refractivity contribution in [3.8, 4) is 0 Å². The monoisotopic (exact) mass is 333 g/mol. The van der Waals surface area contributed by atoms with E-state index < -0.39 is 0 Å². The molecule has 1 aromatic heterocycles. The highest BCUT2D eigenvalue weighted by molar-refractivity contribution is 6.02. The van der Waals surface area contributed by atoms with Gasteiger partial charge in [0.1, 0.15) is 11.5 Å². The maximum Gasteiger partial charge on any atom is 0.275 e. The molecule has 0 bridgehead atoms. The molecule has 6 nitrogen and oxygen atoms in total. The summed E-state index contributed by atoms with van der Waals surface area (Å²) in [5, 5.41) is 5.94. The lowest BCUT2D eigenvalue weighted by Gasteiger charge is -2.13. The van der Waals surface area contributed by atoms with Gasteiger partial charge in [0.05, 0.1) is 12.4 Å². The fourth-order valence-corrected chi connectivity index (χ4v) is 2.22. The van der Waals surface area contributed by atoms with Crippen LogP contribution in [0, 0.1) is 0 Å². The number of anilines is 4. The molecule has 2 N–H and O–H groups in total. The van der Waals surface area contributed by atoms with Gasteiger partial charge < -0.3 is 15.5 Å². The molecule has 0 radical (unpaired) electrons. The fourth-order valence-electron chi connectivity index (χ4n) is 2.22. The number of rotatable bonds is 5. The summed E-state index contributed by atoms with van der Waals surface area (Å²) >= 11 is 0. The van der Waals surface area contributed by atoms with E-state index in [4.69, 9.17) is 0 Å². The van der Waals surface area contributed by atoms with Crippen molar-refractivity contribution in [3.63, 3.8) is 0 Å². The Morgan fingerprint density at radius 3 is 2.20 bits per heavy atom. The van der Waals surface area contributed by atoms with Crippen LogP contribution in [0.4, 0.5) is 22.9 Å². The first-order chi connectivity index (χ1) is 12.1. The lowest BCUT2D eigenvalue weighted by molar-refractivity contribution is 0.102. The molecule has 0 saturated carbocycles. The standard InChI is InChI=1S/C19H19N5O/c1-24(2)16-10-8-15(9-11-16)23-19(25)17-12-21-18(13-20-17)22-14-6-4-3-5-7-14/h3-13H,1-2H3,(H,21,22)(H,23,25). The third-order valence-corrected chi connectivity index (χ3v) is 3.57. The van der Waals surface area contributed by atoms with Crippen molar-refractivity contribution in [1.29, 1.82) is 0 Å². The molecule has 0 aliphatic carbocycles. The number of carbonyl (C=O) groups is 1. The number of carbonyl (C=O) groups excluding carboxylic acids is 1. The summed E-state index contributed by atoms with van der Waals surface area (Å²) in [6.45, 7) is 0. The molecule has 126 valence electrons. The zero-order chi connectivity index (χ0) is 17.6. The molecule has 6 heteroatoms. The Morgan fingerprint density at radius 1 is 0.880 bits per heavy atom. The molecule has 0 atom stereocenters. The molecule has 2 aromatic carbocycles. The molecule has 0 unspecified atom stereocenters. The minimum atomic E-state index is -0.295. The molecule has 0 saturated heterocycles. The van der Waals surface area contributed by atoms with Crippen LogP contribution >= 0.6 is 0 Å². The number of benzene rings is 2.